The van der Waals surface area contributed by atoms with Crippen molar-refractivity contribution in [1.29, 1.82) is 0 Å². The van der Waals surface area contributed by atoms with E-state index in [1.54, 1.807) is 0 Å². The summed E-state index contributed by atoms with van der Waals surface area (Å²) in [5.74, 6) is -1.29. The van der Waals surface area contributed by atoms with Crippen molar-refractivity contribution >= 4 is 29.8 Å². The second-order valence-corrected chi connectivity index (χ2v) is 9.06. The Morgan fingerprint density at radius 2 is 1.34 bits per heavy atom. The van der Waals surface area contributed by atoms with E-state index in [1.807, 2.05) is 0 Å². The number of aliphatic carboxylic acids is 1. The van der Waals surface area contributed by atoms with Gasteiger partial charge in [0.15, 0.2) is 4.77 Å². The van der Waals surface area contributed by atoms with Crippen LogP contribution in [0.2, 0.25) is 0 Å². The second-order valence-electron chi connectivity index (χ2n) is 8.39. The van der Waals surface area contributed by atoms with Gasteiger partial charge in [-0.15, -0.1) is 11.6 Å². The molecule has 6 rings (SSSR count). The molecular formula is C22H33ClN6O5S. The topological polar surface area (TPSA) is 158 Å². The van der Waals surface area contributed by atoms with Gasteiger partial charge in [0.25, 0.3) is 11.1 Å². The summed E-state index contributed by atoms with van der Waals surface area (Å²) in [5.41, 5.74) is 2.91. The van der Waals surface area contributed by atoms with Crippen LogP contribution in [0.15, 0.2) is 14.4 Å². The molecule has 0 aliphatic carbocycles. The molecule has 0 aromatic carbocycles. The maximum atomic E-state index is 11.7. The van der Waals surface area contributed by atoms with Gasteiger partial charge in [0.05, 0.1) is 11.1 Å². The Morgan fingerprint density at radius 3 is 1.83 bits per heavy atom. The number of carbonyl (C=O) groups is 1. The molecule has 11 nitrogen and oxygen atoms in total. The van der Waals surface area contributed by atoms with E-state index in [2.05, 4.69) is 29.7 Å². The summed E-state index contributed by atoms with van der Waals surface area (Å²) in [4.78, 5) is 58.9. The lowest BCUT2D eigenvalue weighted by Crippen LogP contribution is -2.26. The van der Waals surface area contributed by atoms with Crippen LogP contribution < -0.4 is 16.8 Å². The number of hydrogen-bond acceptors (Lipinski definition) is 7. The van der Waals surface area contributed by atoms with E-state index in [9.17, 15) is 19.2 Å². The minimum absolute atomic E-state index is 0. The van der Waals surface area contributed by atoms with Crippen molar-refractivity contribution in [2.24, 2.45) is 0 Å². The molecule has 4 aliphatic rings. The lowest BCUT2D eigenvalue weighted by Gasteiger charge is -2.12. The minimum atomic E-state index is -0.980. The molecular weight excluding hydrogens is 496 g/mol. The first-order valence-corrected chi connectivity index (χ1v) is 11.7. The number of hydrogen-bond donors (Lipinski definition) is 5. The van der Waals surface area contributed by atoms with Gasteiger partial charge in [0.1, 0.15) is 5.88 Å². The number of nitrogens with one attached hydrogen (secondary N) is 4. The second kappa shape index (κ2) is 11.9. The average Bonchev–Trinajstić information content (AvgIpc) is 3.48. The predicted molar refractivity (Wildman–Crippen MR) is 137 cm³/mol. The van der Waals surface area contributed by atoms with Gasteiger partial charge in [-0.3, -0.25) is 34.2 Å². The molecule has 0 amide bonds. The maximum Gasteiger partial charge on any atom is 0.325 e. The largest absolute Gasteiger partial charge is 0.480 e. The number of carboxylic acid groups (broad SMARTS) is 1. The fraction of sp³-hybridized carbons (Fsp3) is 0.591. The van der Waals surface area contributed by atoms with Crippen molar-refractivity contribution in [2.45, 2.75) is 65.7 Å². The van der Waals surface area contributed by atoms with Gasteiger partial charge < -0.3 is 15.1 Å². The van der Waals surface area contributed by atoms with Gasteiger partial charge in [0, 0.05) is 36.6 Å². The van der Waals surface area contributed by atoms with Crippen molar-refractivity contribution in [1.82, 2.24) is 29.7 Å². The molecule has 0 bridgehead atoms. The smallest absolute Gasteiger partial charge is 0.325 e. The molecule has 2 unspecified atom stereocenters. The Morgan fingerprint density at radius 1 is 0.886 bits per heavy atom. The van der Waals surface area contributed by atoms with E-state index in [0.29, 0.717) is 10.8 Å². The highest BCUT2D eigenvalue weighted by molar-refractivity contribution is 7.71. The number of carboxylic acids is 1. The van der Waals surface area contributed by atoms with Gasteiger partial charge in [-0.1, -0.05) is 14.9 Å². The van der Waals surface area contributed by atoms with Gasteiger partial charge in [0.2, 0.25) is 0 Å². The molecule has 5 N–H and O–H groups in total. The predicted octanol–water partition coefficient (Wildman–Crippen LogP) is 2.38. The fourth-order valence-electron chi connectivity index (χ4n) is 5.13. The van der Waals surface area contributed by atoms with E-state index in [4.69, 9.17) is 28.9 Å². The summed E-state index contributed by atoms with van der Waals surface area (Å²) in [5, 5.41) is 7.59. The van der Waals surface area contributed by atoms with Crippen molar-refractivity contribution in [3.8, 4) is 0 Å². The number of aromatic nitrogens is 4. The molecule has 4 aliphatic heterocycles. The molecule has 2 aromatic heterocycles. The molecule has 0 spiro atoms. The molecule has 13 heteroatoms. The van der Waals surface area contributed by atoms with Crippen LogP contribution in [0.3, 0.4) is 0 Å². The lowest BCUT2D eigenvalue weighted by atomic mass is 10.1. The minimum Gasteiger partial charge on any atom is -0.480 e. The Hall–Kier alpha value is -2.54. The van der Waals surface area contributed by atoms with E-state index in [-0.39, 0.29) is 37.9 Å². The first-order chi connectivity index (χ1) is 15.8. The van der Waals surface area contributed by atoms with Crippen molar-refractivity contribution in [3.63, 3.8) is 0 Å². The molecule has 194 valence electrons. The summed E-state index contributed by atoms with van der Waals surface area (Å²) < 4.78 is 0.440. The first kappa shape index (κ1) is 28.7. The molecule has 2 atom stereocenters. The molecule has 2 aromatic rings. The number of halogens is 1. The lowest BCUT2D eigenvalue weighted by molar-refractivity contribution is -0.134. The standard InChI is InChI=1S/C9H11N3O2.C9H11N3OS.C2H3ClO2.2CH4/c2*13-8-7-5(10-9(14)11-8)4-12-3-1-2-6(7)12;3-1-2(4)5;;/h2*6H,1-4H2,(H2,10,11,13,14);1H2,(H,4,5);2*1H4. The van der Waals surface area contributed by atoms with Crippen LogP contribution >= 0.6 is 23.8 Å². The van der Waals surface area contributed by atoms with E-state index < -0.39 is 11.7 Å². The monoisotopic (exact) mass is 528 g/mol. The van der Waals surface area contributed by atoms with E-state index in [0.717, 1.165) is 68.0 Å². The number of aromatic amines is 4. The SMILES string of the molecule is C.C.O=C(O)CCl.O=c1[nH]c(=S)[nH]c2c1C1CCCN1C2.O=c1[nH]c2c(c(=O)[nH]1)C1CCCN1C2. The van der Waals surface area contributed by atoms with Crippen LogP contribution in [-0.2, 0) is 17.9 Å². The van der Waals surface area contributed by atoms with Gasteiger partial charge >= 0.3 is 11.7 Å². The maximum absolute atomic E-state index is 11.7. The van der Waals surface area contributed by atoms with Gasteiger partial charge in [-0.2, -0.15) is 0 Å². The Bertz CT molecular complexity index is 1190. The van der Waals surface area contributed by atoms with Crippen LogP contribution in [-0.4, -0.2) is 59.8 Å². The number of nitrogens with zero attached hydrogens (tertiary/aromatic N) is 2. The Kier molecular flexibility index (Phi) is 9.78. The highest BCUT2D eigenvalue weighted by Crippen LogP contribution is 2.38. The number of H-pyrrole nitrogens is 4. The number of fused-ring (bicyclic) bond motifs is 6. The molecule has 2 fully saturated rings. The molecule has 35 heavy (non-hydrogen) atoms. The zero-order valence-electron chi connectivity index (χ0n) is 17.8. The molecule has 2 saturated heterocycles. The van der Waals surface area contributed by atoms with Crippen LogP contribution in [0.25, 0.3) is 0 Å². The highest BCUT2D eigenvalue weighted by Gasteiger charge is 2.37. The Labute approximate surface area is 212 Å². The summed E-state index contributed by atoms with van der Waals surface area (Å²) in [6.07, 6.45) is 4.46. The third-order valence-corrected chi connectivity index (χ3v) is 6.79. The van der Waals surface area contributed by atoms with Crippen molar-refractivity contribution in [3.05, 3.63) is 58.5 Å². The molecule has 0 saturated carbocycles. The quantitative estimate of drug-likeness (QED) is 0.279. The molecule has 6 heterocycles. The zero-order valence-corrected chi connectivity index (χ0v) is 19.4. The van der Waals surface area contributed by atoms with Gasteiger partial charge in [-0.05, 0) is 51.0 Å². The van der Waals surface area contributed by atoms with Crippen molar-refractivity contribution < 1.29 is 9.90 Å². The van der Waals surface area contributed by atoms with Crippen LogP contribution in [0.1, 0.15) is 75.1 Å². The van der Waals surface area contributed by atoms with E-state index in [1.165, 1.54) is 6.42 Å². The summed E-state index contributed by atoms with van der Waals surface area (Å²) in [6.45, 7) is 3.70. The molecule has 0 radical (unpaired) electrons. The number of rotatable bonds is 1. The van der Waals surface area contributed by atoms with E-state index >= 15 is 0 Å². The average molecular weight is 529 g/mol. The summed E-state index contributed by atoms with van der Waals surface area (Å²) in [7, 11) is 0. The highest BCUT2D eigenvalue weighted by atomic mass is 35.5. The summed E-state index contributed by atoms with van der Waals surface area (Å²) in [6, 6.07) is 0.575. The van der Waals surface area contributed by atoms with Crippen LogP contribution in [0, 0.1) is 4.77 Å². The summed E-state index contributed by atoms with van der Waals surface area (Å²) >= 11 is 9.68. The number of alkyl halides is 1. The van der Waals surface area contributed by atoms with Crippen molar-refractivity contribution in [2.75, 3.05) is 19.0 Å². The fourth-order valence-corrected chi connectivity index (χ4v) is 5.35. The first-order valence-electron chi connectivity index (χ1n) is 10.7. The van der Waals surface area contributed by atoms with Crippen LogP contribution in [0.4, 0.5) is 0 Å². The third kappa shape index (κ3) is 6.00. The van der Waals surface area contributed by atoms with Gasteiger partial charge in [-0.25, -0.2) is 4.79 Å². The zero-order chi connectivity index (χ0) is 23.7. The Balaban J connectivity index is 0.000000199. The van der Waals surface area contributed by atoms with Crippen LogP contribution in [0.5, 0.6) is 0 Å². The third-order valence-electron chi connectivity index (χ3n) is 6.35. The normalized spacial score (nSPS) is 21.1.